The maximum absolute atomic E-state index is 14.9. The smallest absolute Gasteiger partial charge is 0.490 e. The van der Waals surface area contributed by atoms with Gasteiger partial charge in [0.25, 0.3) is 0 Å². The number of hydrogen-bond donors (Lipinski definition) is 2. The van der Waals surface area contributed by atoms with Gasteiger partial charge in [-0.3, -0.25) is 4.79 Å². The van der Waals surface area contributed by atoms with Crippen LogP contribution in [0.1, 0.15) is 55.3 Å². The van der Waals surface area contributed by atoms with Crippen LogP contribution in [-0.4, -0.2) is 37.9 Å². The molecule has 1 aliphatic rings. The summed E-state index contributed by atoms with van der Waals surface area (Å²) in [4.78, 5) is 16.2. The summed E-state index contributed by atoms with van der Waals surface area (Å²) in [5, 5.41) is 18.8. The zero-order valence-corrected chi connectivity index (χ0v) is 24.3. The fourth-order valence-corrected chi connectivity index (χ4v) is 4.13. The minimum Gasteiger partial charge on any atom is -0.490 e. The molecule has 0 saturated carbocycles. The first-order chi connectivity index (χ1) is 15.3. The molecule has 0 saturated heterocycles. The van der Waals surface area contributed by atoms with E-state index in [1.54, 1.807) is 27.7 Å². The molecule has 0 bridgehead atoms. The number of hydrogen-bond acceptors (Lipinski definition) is 4. The fraction of sp³-hybridized carbons (Fsp3) is 0.423. The van der Waals surface area contributed by atoms with Crippen LogP contribution in [0.2, 0.25) is 0 Å². The number of nitrogens with zero attached hydrogens (tertiary/aromatic N) is 2. The number of fused-ring (bicyclic) bond motifs is 2. The number of aliphatic carboxylic acids is 1. The van der Waals surface area contributed by atoms with Gasteiger partial charge in [-0.2, -0.15) is 6.07 Å². The molecule has 0 atom stereocenters. The Morgan fingerprint density at radius 3 is 2.50 bits per heavy atom. The number of rotatable bonds is 3. The Bertz CT molecular complexity index is 1220. The van der Waals surface area contributed by atoms with E-state index in [0.717, 1.165) is 40.6 Å². The Balaban J connectivity index is 0.000000619. The molecule has 0 spiro atoms. The molecule has 0 unspecified atom stereocenters. The van der Waals surface area contributed by atoms with E-state index in [9.17, 15) is 14.3 Å². The molecule has 0 aliphatic carbocycles. The summed E-state index contributed by atoms with van der Waals surface area (Å²) < 4.78 is 22.3. The molecule has 1 aliphatic heterocycles. The average Bonchev–Trinajstić information content (AvgIpc) is 2.98. The molecule has 4 rings (SSSR count). The largest absolute Gasteiger partial charge is 1.00 e. The normalized spacial score (nSPS) is 12.8. The zero-order chi connectivity index (χ0) is 24.7. The third kappa shape index (κ3) is 6.22. The topological polar surface area (TPSA) is 84.6 Å². The van der Waals surface area contributed by atoms with E-state index in [1.807, 2.05) is 24.6 Å². The summed E-state index contributed by atoms with van der Waals surface area (Å²) in [6.45, 7) is 13.5. The molecule has 1 aromatic carbocycles. The van der Waals surface area contributed by atoms with Crippen LogP contribution >= 0.6 is 0 Å². The van der Waals surface area contributed by atoms with Crippen molar-refractivity contribution < 1.29 is 75.5 Å². The van der Waals surface area contributed by atoms with Crippen LogP contribution in [0.4, 0.5) is 4.39 Å². The number of halogens is 1. The van der Waals surface area contributed by atoms with Gasteiger partial charge in [0.15, 0.2) is 11.6 Å². The molecule has 2 aromatic heterocycles. The Morgan fingerprint density at radius 2 is 1.91 bits per heavy atom. The quantitative estimate of drug-likeness (QED) is 0.429. The molecule has 3 heterocycles. The summed E-state index contributed by atoms with van der Waals surface area (Å²) in [5.74, 6) is -1.04. The molecule has 0 radical (unpaired) electrons. The predicted octanol–water partition coefficient (Wildman–Crippen LogP) is 1.91. The molecule has 0 fully saturated rings. The summed E-state index contributed by atoms with van der Waals surface area (Å²) in [5.41, 5.74) is 5.39. The van der Waals surface area contributed by atoms with E-state index in [4.69, 9.17) is 9.84 Å². The monoisotopic (exact) mass is 494 g/mol. The third-order valence-electron chi connectivity index (χ3n) is 5.62. The Kier molecular flexibility index (Phi) is 9.40. The van der Waals surface area contributed by atoms with Crippen molar-refractivity contribution >= 4 is 17.0 Å². The van der Waals surface area contributed by atoms with Crippen molar-refractivity contribution in [3.05, 3.63) is 53.0 Å². The number of benzene rings is 1. The fourth-order valence-electron chi connectivity index (χ4n) is 4.13. The molecule has 6 nitrogen and oxygen atoms in total. The Hall–Kier alpha value is -1.42. The molecular formula is C26H32FKN2O4. The Morgan fingerprint density at radius 1 is 1.29 bits per heavy atom. The second kappa shape index (κ2) is 11.1. The van der Waals surface area contributed by atoms with E-state index in [1.165, 1.54) is 6.07 Å². The minimum absolute atomic E-state index is 0. The summed E-state index contributed by atoms with van der Waals surface area (Å²) in [6, 6.07) is 3.35. The molecule has 3 aromatic rings. The van der Waals surface area contributed by atoms with Crippen LogP contribution in [0.3, 0.4) is 0 Å². The molecule has 8 heteroatoms. The minimum atomic E-state index is -0.948. The van der Waals surface area contributed by atoms with Gasteiger partial charge >= 0.3 is 57.4 Å². The maximum Gasteiger partial charge on any atom is 1.00 e. The SMILES string of the molecule is CC(C)(C)O.[CH2-]c1cc2c(-c3cc(F)c4c(c3C)CCCO4)c(CC(=O)O)c(C)nc2n1C.[K+]. The van der Waals surface area contributed by atoms with Gasteiger partial charge in [0.05, 0.1) is 18.6 Å². The van der Waals surface area contributed by atoms with Gasteiger partial charge in [-0.25, -0.2) is 16.3 Å². The van der Waals surface area contributed by atoms with Crippen LogP contribution in [0.5, 0.6) is 5.75 Å². The number of aryl methyl sites for hydroxylation is 2. The molecular weight excluding hydrogens is 462 g/mol. The average molecular weight is 495 g/mol. The third-order valence-corrected chi connectivity index (χ3v) is 5.62. The van der Waals surface area contributed by atoms with Gasteiger partial charge in [-0.05, 0) is 75.8 Å². The number of carboxylic acid groups (broad SMARTS) is 1. The molecule has 178 valence electrons. The number of ether oxygens (including phenoxy) is 1. The van der Waals surface area contributed by atoms with Gasteiger partial charge in [0.2, 0.25) is 0 Å². The van der Waals surface area contributed by atoms with Crippen LogP contribution in [0.15, 0.2) is 12.1 Å². The Labute approximate surface area is 243 Å². The van der Waals surface area contributed by atoms with Gasteiger partial charge in [-0.1, -0.05) is 5.39 Å². The van der Waals surface area contributed by atoms with Crippen molar-refractivity contribution in [1.82, 2.24) is 9.55 Å². The van der Waals surface area contributed by atoms with E-state index in [0.29, 0.717) is 34.8 Å². The molecule has 0 amide bonds. The standard InChI is InChI=1S/C22H22FN2O3.C4H10O.K/c1-11-8-17-20(16(10-19(26)27)13(3)24-22(17)25(11)4)15-9-18(23)21-14(12(15)2)6-5-7-28-21;1-4(2,3)5;/h8-9H,1,5-7,10H2,2-4H3,(H,26,27);5H,1-3H3;/q-1;;+1. The van der Waals surface area contributed by atoms with Crippen molar-refractivity contribution in [1.29, 1.82) is 0 Å². The first-order valence-electron chi connectivity index (χ1n) is 11.0. The number of aromatic nitrogens is 2. The van der Waals surface area contributed by atoms with E-state index < -0.39 is 17.4 Å². The summed E-state index contributed by atoms with van der Waals surface area (Å²) >= 11 is 0. The van der Waals surface area contributed by atoms with Crippen LogP contribution in [0.25, 0.3) is 22.2 Å². The number of carboxylic acids is 1. The van der Waals surface area contributed by atoms with Crippen molar-refractivity contribution in [3.8, 4) is 16.9 Å². The van der Waals surface area contributed by atoms with Crippen LogP contribution in [-0.2, 0) is 24.7 Å². The molecule has 2 N–H and O–H groups in total. The van der Waals surface area contributed by atoms with E-state index >= 15 is 0 Å². The van der Waals surface area contributed by atoms with Gasteiger partial charge in [0, 0.05) is 18.3 Å². The number of pyridine rings is 1. The van der Waals surface area contributed by atoms with Crippen LogP contribution in [0, 0.1) is 26.6 Å². The number of aliphatic hydroxyl groups is 1. The second-order valence-corrected chi connectivity index (χ2v) is 9.51. The van der Waals surface area contributed by atoms with Gasteiger partial charge < -0.3 is 19.5 Å². The second-order valence-electron chi connectivity index (χ2n) is 9.51. The first kappa shape index (κ1) is 28.8. The first-order valence-corrected chi connectivity index (χ1v) is 11.0. The maximum atomic E-state index is 14.9. The van der Waals surface area contributed by atoms with Crippen molar-refractivity contribution in [2.75, 3.05) is 6.61 Å². The zero-order valence-electron chi connectivity index (χ0n) is 21.2. The molecule has 34 heavy (non-hydrogen) atoms. The van der Waals surface area contributed by atoms with Crippen molar-refractivity contribution in [2.45, 2.75) is 59.5 Å². The summed E-state index contributed by atoms with van der Waals surface area (Å²) in [7, 11) is 1.87. The van der Waals surface area contributed by atoms with Gasteiger partial charge in [0.1, 0.15) is 5.65 Å². The summed E-state index contributed by atoms with van der Waals surface area (Å²) in [6.07, 6.45) is 1.39. The van der Waals surface area contributed by atoms with Crippen molar-refractivity contribution in [3.63, 3.8) is 0 Å². The predicted molar refractivity (Wildman–Crippen MR) is 127 cm³/mol. The number of carbonyl (C=O) groups is 1. The van der Waals surface area contributed by atoms with Crippen molar-refractivity contribution in [2.24, 2.45) is 7.05 Å². The van der Waals surface area contributed by atoms with E-state index in [2.05, 4.69) is 11.9 Å². The van der Waals surface area contributed by atoms with Crippen LogP contribution < -0.4 is 56.1 Å². The van der Waals surface area contributed by atoms with Gasteiger partial charge in [-0.15, -0.1) is 5.69 Å². The van der Waals surface area contributed by atoms with E-state index in [-0.39, 0.29) is 57.8 Å².